The molecule has 1 fully saturated rings. The van der Waals surface area contributed by atoms with Crippen LogP contribution in [0.2, 0.25) is 4.34 Å². The van der Waals surface area contributed by atoms with Gasteiger partial charge in [-0.05, 0) is 31.9 Å². The molecule has 0 aromatic carbocycles. The molecular weight excluding hydrogens is 244 g/mol. The first-order chi connectivity index (χ1) is 7.50. The maximum atomic E-state index is 10.4. The van der Waals surface area contributed by atoms with Gasteiger partial charge in [-0.3, -0.25) is 0 Å². The highest BCUT2D eigenvalue weighted by Crippen LogP contribution is 2.42. The highest BCUT2D eigenvalue weighted by atomic mass is 35.5. The summed E-state index contributed by atoms with van der Waals surface area (Å²) in [5.41, 5.74) is 0. The number of halogens is 1. The molecule has 0 amide bonds. The van der Waals surface area contributed by atoms with Crippen LogP contribution in [0.15, 0.2) is 12.1 Å². The summed E-state index contributed by atoms with van der Waals surface area (Å²) in [6.45, 7) is 6.23. The van der Waals surface area contributed by atoms with Crippen molar-refractivity contribution < 1.29 is 9.84 Å². The molecule has 5 atom stereocenters. The molecule has 0 spiro atoms. The van der Waals surface area contributed by atoms with Gasteiger partial charge in [0.1, 0.15) is 0 Å². The molecule has 16 heavy (non-hydrogen) atoms. The van der Waals surface area contributed by atoms with Crippen molar-refractivity contribution in [3.63, 3.8) is 0 Å². The molecule has 2 heterocycles. The van der Waals surface area contributed by atoms with Gasteiger partial charge in [-0.15, -0.1) is 11.3 Å². The summed E-state index contributed by atoms with van der Waals surface area (Å²) in [6.07, 6.45) is -0.154. The summed E-state index contributed by atoms with van der Waals surface area (Å²) in [5.74, 6) is 0.524. The number of thiophene rings is 1. The molecule has 0 aliphatic carbocycles. The Labute approximate surface area is 105 Å². The van der Waals surface area contributed by atoms with Crippen molar-refractivity contribution in [2.24, 2.45) is 11.8 Å². The Kier molecular flexibility index (Phi) is 3.59. The fraction of sp³-hybridized carbons (Fsp3) is 0.667. The van der Waals surface area contributed by atoms with Crippen LogP contribution in [0.5, 0.6) is 0 Å². The van der Waals surface area contributed by atoms with Crippen LogP contribution in [0.3, 0.4) is 0 Å². The zero-order chi connectivity index (χ0) is 11.9. The van der Waals surface area contributed by atoms with Crippen LogP contribution in [-0.4, -0.2) is 17.3 Å². The lowest BCUT2D eigenvalue weighted by Gasteiger charge is -2.23. The van der Waals surface area contributed by atoms with Gasteiger partial charge in [0, 0.05) is 10.8 Å². The van der Waals surface area contributed by atoms with Crippen LogP contribution >= 0.6 is 22.9 Å². The largest absolute Gasteiger partial charge is 0.387 e. The fourth-order valence-electron chi connectivity index (χ4n) is 2.51. The van der Waals surface area contributed by atoms with Gasteiger partial charge in [0.25, 0.3) is 0 Å². The number of rotatable bonds is 2. The maximum Gasteiger partial charge on any atom is 0.0938 e. The Balaban J connectivity index is 2.18. The first-order valence-corrected chi connectivity index (χ1v) is 6.79. The molecule has 90 valence electrons. The van der Waals surface area contributed by atoms with E-state index in [-0.39, 0.29) is 18.1 Å². The topological polar surface area (TPSA) is 29.5 Å². The molecular formula is C12H17ClO2S. The van der Waals surface area contributed by atoms with E-state index < -0.39 is 6.10 Å². The smallest absolute Gasteiger partial charge is 0.0938 e. The zero-order valence-corrected chi connectivity index (χ0v) is 11.3. The zero-order valence-electron chi connectivity index (χ0n) is 9.68. The Bertz CT molecular complexity index is 366. The predicted molar refractivity (Wildman–Crippen MR) is 67.0 cm³/mol. The van der Waals surface area contributed by atoms with Gasteiger partial charge >= 0.3 is 0 Å². The number of hydrogen-bond acceptors (Lipinski definition) is 3. The third-order valence-electron chi connectivity index (χ3n) is 3.57. The summed E-state index contributed by atoms with van der Waals surface area (Å²) < 4.78 is 6.47. The van der Waals surface area contributed by atoms with Gasteiger partial charge in [-0.2, -0.15) is 0 Å². The average Bonchev–Trinajstić information content (AvgIpc) is 2.73. The molecule has 2 rings (SSSR count). The molecule has 2 nitrogen and oxygen atoms in total. The highest BCUT2D eigenvalue weighted by molar-refractivity contribution is 7.16. The second kappa shape index (κ2) is 4.65. The lowest BCUT2D eigenvalue weighted by molar-refractivity contribution is 0.0242. The van der Waals surface area contributed by atoms with E-state index in [4.69, 9.17) is 16.3 Å². The quantitative estimate of drug-likeness (QED) is 0.882. The number of aliphatic hydroxyl groups is 1. The van der Waals surface area contributed by atoms with Crippen molar-refractivity contribution in [3.05, 3.63) is 21.3 Å². The molecule has 0 saturated carbocycles. The van der Waals surface area contributed by atoms with Gasteiger partial charge in [0.2, 0.25) is 0 Å². The van der Waals surface area contributed by atoms with Crippen LogP contribution in [0.25, 0.3) is 0 Å². The molecule has 1 aromatic rings. The minimum Gasteiger partial charge on any atom is -0.387 e. The normalized spacial score (nSPS) is 36.6. The van der Waals surface area contributed by atoms with Crippen LogP contribution in [0.1, 0.15) is 31.8 Å². The van der Waals surface area contributed by atoms with Crippen molar-refractivity contribution in [2.75, 3.05) is 0 Å². The summed E-state index contributed by atoms with van der Waals surface area (Å²) in [5, 5.41) is 10.4. The van der Waals surface area contributed by atoms with Gasteiger partial charge in [-0.1, -0.05) is 18.5 Å². The van der Waals surface area contributed by atoms with Crippen LogP contribution in [0, 0.1) is 11.8 Å². The maximum absolute atomic E-state index is 10.4. The Hall–Kier alpha value is -0.0900. The van der Waals surface area contributed by atoms with E-state index in [9.17, 15) is 5.11 Å². The third-order valence-corrected chi connectivity index (χ3v) is 4.87. The third kappa shape index (κ3) is 2.14. The Morgan fingerprint density at radius 3 is 2.44 bits per heavy atom. The van der Waals surface area contributed by atoms with Crippen molar-refractivity contribution in [2.45, 2.75) is 39.1 Å². The SMILES string of the molecule is CC1OC(C)C(C(O)c2ccc(Cl)s2)C1C. The van der Waals surface area contributed by atoms with E-state index in [1.807, 2.05) is 19.1 Å². The van der Waals surface area contributed by atoms with E-state index in [1.54, 1.807) is 0 Å². The van der Waals surface area contributed by atoms with E-state index in [2.05, 4.69) is 13.8 Å². The van der Waals surface area contributed by atoms with Gasteiger partial charge in [0.05, 0.1) is 22.6 Å². The van der Waals surface area contributed by atoms with Crippen molar-refractivity contribution in [3.8, 4) is 0 Å². The number of ether oxygens (including phenoxy) is 1. The van der Waals surface area contributed by atoms with E-state index in [1.165, 1.54) is 11.3 Å². The second-order valence-electron chi connectivity index (χ2n) is 4.57. The van der Waals surface area contributed by atoms with E-state index in [0.29, 0.717) is 5.92 Å². The lowest BCUT2D eigenvalue weighted by atomic mass is 9.84. The van der Waals surface area contributed by atoms with E-state index in [0.717, 1.165) is 9.21 Å². The molecule has 0 bridgehead atoms. The molecule has 0 radical (unpaired) electrons. The van der Waals surface area contributed by atoms with Gasteiger partial charge < -0.3 is 9.84 Å². The molecule has 1 N–H and O–H groups in total. The molecule has 1 aliphatic heterocycles. The van der Waals surface area contributed by atoms with Crippen LogP contribution in [0.4, 0.5) is 0 Å². The molecule has 1 saturated heterocycles. The van der Waals surface area contributed by atoms with Crippen LogP contribution in [-0.2, 0) is 4.74 Å². The second-order valence-corrected chi connectivity index (χ2v) is 6.32. The molecule has 4 heteroatoms. The summed E-state index contributed by atoms with van der Waals surface area (Å²) >= 11 is 7.34. The first-order valence-electron chi connectivity index (χ1n) is 5.59. The van der Waals surface area contributed by atoms with E-state index >= 15 is 0 Å². The van der Waals surface area contributed by atoms with Crippen molar-refractivity contribution in [1.82, 2.24) is 0 Å². The highest BCUT2D eigenvalue weighted by Gasteiger charge is 2.41. The van der Waals surface area contributed by atoms with Crippen molar-refractivity contribution in [1.29, 1.82) is 0 Å². The minimum absolute atomic E-state index is 0.0980. The first kappa shape index (κ1) is 12.4. The summed E-state index contributed by atoms with van der Waals surface area (Å²) in [7, 11) is 0. The van der Waals surface area contributed by atoms with Gasteiger partial charge in [-0.25, -0.2) is 0 Å². The fourth-order valence-corrected chi connectivity index (χ4v) is 3.62. The van der Waals surface area contributed by atoms with Gasteiger partial charge in [0.15, 0.2) is 0 Å². The van der Waals surface area contributed by atoms with Crippen LogP contribution < -0.4 is 0 Å². The number of aliphatic hydroxyl groups excluding tert-OH is 1. The molecule has 5 unspecified atom stereocenters. The predicted octanol–water partition coefficient (Wildman–Crippen LogP) is 3.49. The number of hydrogen-bond donors (Lipinski definition) is 1. The van der Waals surface area contributed by atoms with Crippen molar-refractivity contribution >= 4 is 22.9 Å². The molecule has 1 aromatic heterocycles. The monoisotopic (exact) mass is 260 g/mol. The average molecular weight is 261 g/mol. The minimum atomic E-state index is -0.465. The summed E-state index contributed by atoms with van der Waals surface area (Å²) in [4.78, 5) is 0.936. The standard InChI is InChI=1S/C12H17ClO2S/c1-6-7(2)15-8(3)11(6)12(14)9-4-5-10(13)16-9/h4-8,11-12,14H,1-3H3. The Morgan fingerprint density at radius 1 is 1.31 bits per heavy atom. The Morgan fingerprint density at radius 2 is 2.00 bits per heavy atom. The lowest BCUT2D eigenvalue weighted by Crippen LogP contribution is -2.24. The molecule has 1 aliphatic rings. The summed E-state index contributed by atoms with van der Waals surface area (Å²) in [6, 6.07) is 3.74.